The first-order chi connectivity index (χ1) is 16.5. The number of benzene rings is 1. The smallest absolute Gasteiger partial charge is 0.214 e. The Morgan fingerprint density at radius 1 is 1.21 bits per heavy atom. The van der Waals surface area contributed by atoms with Gasteiger partial charge in [0.05, 0.1) is 12.2 Å². The fourth-order valence-corrected chi connectivity index (χ4v) is 4.61. The van der Waals surface area contributed by atoms with E-state index in [4.69, 9.17) is 9.72 Å². The number of carbonyl (C=O) groups is 1. The lowest BCUT2D eigenvalue weighted by Gasteiger charge is -2.25. The maximum atomic E-state index is 10.9. The molecule has 0 spiro atoms. The summed E-state index contributed by atoms with van der Waals surface area (Å²) in [6, 6.07) is 12.3. The number of pyridine rings is 1. The van der Waals surface area contributed by atoms with Crippen LogP contribution in [0.3, 0.4) is 0 Å². The molecule has 0 saturated heterocycles. The van der Waals surface area contributed by atoms with Crippen LogP contribution in [0.15, 0.2) is 42.5 Å². The number of ether oxygens (including phenoxy) is 1. The van der Waals surface area contributed by atoms with Gasteiger partial charge in [-0.1, -0.05) is 35.9 Å². The number of H-pyrrole nitrogens is 1. The summed E-state index contributed by atoms with van der Waals surface area (Å²) in [5.74, 6) is 1.86. The second-order valence-corrected chi connectivity index (χ2v) is 9.19. The zero-order chi connectivity index (χ0) is 23.7. The summed E-state index contributed by atoms with van der Waals surface area (Å²) in [5, 5.41) is 1.15. The van der Waals surface area contributed by atoms with Crippen LogP contribution in [0.2, 0.25) is 0 Å². The van der Waals surface area contributed by atoms with Gasteiger partial charge in [-0.15, -0.1) is 9.24 Å². The summed E-state index contributed by atoms with van der Waals surface area (Å²) < 4.78 is 7.93. The van der Waals surface area contributed by atoms with Gasteiger partial charge in [0, 0.05) is 26.2 Å². The van der Waals surface area contributed by atoms with Crippen molar-refractivity contribution in [3.63, 3.8) is 0 Å². The normalized spacial score (nSPS) is 14.4. The monoisotopic (exact) mass is 474 g/mol. The van der Waals surface area contributed by atoms with Gasteiger partial charge in [0.25, 0.3) is 0 Å². The predicted molar refractivity (Wildman–Crippen MR) is 135 cm³/mol. The zero-order valence-corrected chi connectivity index (χ0v) is 20.4. The minimum atomic E-state index is 0.303. The molecule has 1 aliphatic rings. The standard InChI is InChI=1S/C25H27N6O2P/c1-16-6-7-18(20(34)12-16)15-33-23-5-3-4-19(26-23)17-8-10-31(11-9-17)13-22-29-24-25(30(22)2)28-21(14-32)27-24/h3-8,12,14H,9-11,13,15,34H2,1-2H3,(H,27,28). The van der Waals surface area contributed by atoms with Gasteiger partial charge in [-0.3, -0.25) is 9.69 Å². The first kappa shape index (κ1) is 22.4. The number of nitrogens with zero attached hydrogens (tertiary/aromatic N) is 5. The number of rotatable bonds is 7. The number of carbonyl (C=O) groups excluding carboxylic acids is 1. The highest BCUT2D eigenvalue weighted by atomic mass is 31.0. The topological polar surface area (TPSA) is 88.9 Å². The van der Waals surface area contributed by atoms with E-state index < -0.39 is 0 Å². The van der Waals surface area contributed by atoms with Gasteiger partial charge < -0.3 is 14.3 Å². The number of aromatic amines is 1. The van der Waals surface area contributed by atoms with E-state index in [9.17, 15) is 4.79 Å². The molecular weight excluding hydrogens is 447 g/mol. The third-order valence-corrected chi connectivity index (χ3v) is 6.67. The molecule has 0 radical (unpaired) electrons. The Labute approximate surface area is 200 Å². The van der Waals surface area contributed by atoms with Gasteiger partial charge in [-0.2, -0.15) is 0 Å². The third-order valence-electron chi connectivity index (χ3n) is 6.13. The Morgan fingerprint density at radius 2 is 2.09 bits per heavy atom. The number of aldehydes is 1. The first-order valence-corrected chi connectivity index (χ1v) is 11.8. The van der Waals surface area contributed by atoms with Crippen molar-refractivity contribution in [2.75, 3.05) is 13.1 Å². The number of imidazole rings is 2. The number of fused-ring (bicyclic) bond motifs is 1. The minimum absolute atomic E-state index is 0.303. The Balaban J connectivity index is 1.23. The fourth-order valence-electron chi connectivity index (χ4n) is 4.17. The SMILES string of the molecule is Cc1ccc(COc2cccc(C3=CCN(Cc4nc5[nH]c(C=O)nc5n4C)CC3)n2)c(P)c1. The Morgan fingerprint density at radius 3 is 2.82 bits per heavy atom. The van der Waals surface area contributed by atoms with Gasteiger partial charge in [-0.05, 0) is 35.9 Å². The molecule has 1 N–H and O–H groups in total. The van der Waals surface area contributed by atoms with E-state index in [0.29, 0.717) is 42.4 Å². The summed E-state index contributed by atoms with van der Waals surface area (Å²) in [5.41, 5.74) is 5.91. The van der Waals surface area contributed by atoms with Crippen molar-refractivity contribution in [2.24, 2.45) is 7.05 Å². The minimum Gasteiger partial charge on any atom is -0.473 e. The van der Waals surface area contributed by atoms with Gasteiger partial charge >= 0.3 is 0 Å². The first-order valence-electron chi connectivity index (χ1n) is 11.2. The van der Waals surface area contributed by atoms with E-state index in [1.165, 1.54) is 11.1 Å². The molecule has 1 atom stereocenters. The van der Waals surface area contributed by atoms with Crippen molar-refractivity contribution in [1.29, 1.82) is 0 Å². The molecule has 0 fully saturated rings. The molecule has 1 unspecified atom stereocenters. The lowest BCUT2D eigenvalue weighted by Crippen LogP contribution is -2.29. The van der Waals surface area contributed by atoms with E-state index >= 15 is 0 Å². The largest absolute Gasteiger partial charge is 0.473 e. The van der Waals surface area contributed by atoms with Crippen molar-refractivity contribution in [3.05, 3.63) is 70.9 Å². The number of aromatic nitrogens is 5. The molecule has 34 heavy (non-hydrogen) atoms. The molecule has 0 bridgehead atoms. The van der Waals surface area contributed by atoms with Crippen LogP contribution in [0.25, 0.3) is 16.9 Å². The van der Waals surface area contributed by atoms with Gasteiger partial charge in [0.15, 0.2) is 23.4 Å². The summed E-state index contributed by atoms with van der Waals surface area (Å²) in [6.45, 7) is 5.01. The highest BCUT2D eigenvalue weighted by molar-refractivity contribution is 7.27. The van der Waals surface area contributed by atoms with Crippen LogP contribution in [-0.4, -0.2) is 48.8 Å². The van der Waals surface area contributed by atoms with Crippen molar-refractivity contribution < 1.29 is 9.53 Å². The highest BCUT2D eigenvalue weighted by Crippen LogP contribution is 2.24. The molecule has 0 amide bonds. The summed E-state index contributed by atoms with van der Waals surface area (Å²) in [4.78, 5) is 29.8. The summed E-state index contributed by atoms with van der Waals surface area (Å²) >= 11 is 0. The fraction of sp³-hybridized carbons (Fsp3) is 0.280. The molecule has 5 rings (SSSR count). The molecule has 4 aromatic rings. The van der Waals surface area contributed by atoms with Crippen molar-refractivity contribution in [2.45, 2.75) is 26.5 Å². The summed E-state index contributed by atoms with van der Waals surface area (Å²) in [7, 11) is 4.70. The maximum Gasteiger partial charge on any atom is 0.214 e. The van der Waals surface area contributed by atoms with Crippen LogP contribution in [0, 0.1) is 6.92 Å². The molecule has 9 heteroatoms. The van der Waals surface area contributed by atoms with E-state index in [1.807, 2.05) is 29.8 Å². The van der Waals surface area contributed by atoms with Gasteiger partial charge in [0.2, 0.25) is 5.88 Å². The van der Waals surface area contributed by atoms with Gasteiger partial charge in [-0.25, -0.2) is 15.0 Å². The molecule has 0 saturated carbocycles. The molecule has 4 heterocycles. The number of aryl methyl sites for hydroxylation is 2. The lowest BCUT2D eigenvalue weighted by molar-refractivity contribution is 0.111. The highest BCUT2D eigenvalue weighted by Gasteiger charge is 2.19. The van der Waals surface area contributed by atoms with Gasteiger partial charge in [0.1, 0.15) is 12.4 Å². The van der Waals surface area contributed by atoms with Crippen LogP contribution in [0.4, 0.5) is 0 Å². The van der Waals surface area contributed by atoms with Crippen LogP contribution in [-0.2, 0) is 20.2 Å². The molecule has 174 valence electrons. The number of hydrogen-bond acceptors (Lipinski definition) is 6. The van der Waals surface area contributed by atoms with Crippen LogP contribution in [0.5, 0.6) is 5.88 Å². The Bertz CT molecular complexity index is 1390. The lowest BCUT2D eigenvalue weighted by atomic mass is 10.0. The van der Waals surface area contributed by atoms with E-state index in [1.54, 1.807) is 0 Å². The molecule has 1 aliphatic heterocycles. The van der Waals surface area contributed by atoms with Crippen LogP contribution < -0.4 is 10.0 Å². The molecule has 8 nitrogen and oxygen atoms in total. The summed E-state index contributed by atoms with van der Waals surface area (Å²) in [6.07, 6.45) is 3.84. The van der Waals surface area contributed by atoms with Crippen molar-refractivity contribution in [1.82, 2.24) is 29.4 Å². The van der Waals surface area contributed by atoms with Crippen molar-refractivity contribution >= 4 is 37.7 Å². The number of hydrogen-bond donors (Lipinski definition) is 1. The Hall–Kier alpha value is -3.35. The molecule has 3 aromatic heterocycles. The van der Waals surface area contributed by atoms with Crippen molar-refractivity contribution in [3.8, 4) is 5.88 Å². The molecule has 1 aromatic carbocycles. The predicted octanol–water partition coefficient (Wildman–Crippen LogP) is 3.18. The quantitative estimate of drug-likeness (QED) is 0.327. The van der Waals surface area contributed by atoms with Crippen LogP contribution in [0.1, 0.15) is 39.7 Å². The second kappa shape index (κ2) is 9.49. The van der Waals surface area contributed by atoms with E-state index in [2.05, 4.69) is 60.3 Å². The zero-order valence-electron chi connectivity index (χ0n) is 19.3. The van der Waals surface area contributed by atoms with Crippen LogP contribution >= 0.6 is 9.24 Å². The molecule has 0 aliphatic carbocycles. The average molecular weight is 475 g/mol. The second-order valence-electron chi connectivity index (χ2n) is 8.57. The van der Waals surface area contributed by atoms with E-state index in [-0.39, 0.29) is 0 Å². The third kappa shape index (κ3) is 4.65. The number of nitrogens with one attached hydrogen (secondary N) is 1. The molecular formula is C25H27N6O2P. The Kier molecular flexibility index (Phi) is 6.26. The average Bonchev–Trinajstić information content (AvgIpc) is 3.38. The van der Waals surface area contributed by atoms with E-state index in [0.717, 1.165) is 41.9 Å². The maximum absolute atomic E-state index is 10.9.